The standard InChI is InChI=1S/C15H10N2O3/c18-13(10-5-7-16-8-6-10)9-12-15(19)20-14-4-2-1-3-11(14)17-12/h1-9,18H/b13-9-. The maximum Gasteiger partial charge on any atom is 0.362 e. The predicted molar refractivity (Wildman–Crippen MR) is 75.0 cm³/mol. The quantitative estimate of drug-likeness (QED) is 0.721. The predicted octanol–water partition coefficient (Wildman–Crippen LogP) is 2.64. The lowest BCUT2D eigenvalue weighted by Gasteiger charge is -2.00. The number of hydrogen-bond acceptors (Lipinski definition) is 5. The van der Waals surface area contributed by atoms with E-state index in [0.29, 0.717) is 16.7 Å². The molecule has 0 saturated heterocycles. The van der Waals surface area contributed by atoms with Crippen molar-refractivity contribution in [1.82, 2.24) is 9.97 Å². The van der Waals surface area contributed by atoms with Crippen molar-refractivity contribution < 1.29 is 9.52 Å². The van der Waals surface area contributed by atoms with Crippen molar-refractivity contribution in [2.45, 2.75) is 0 Å². The summed E-state index contributed by atoms with van der Waals surface area (Å²) in [5.74, 6) is -0.0671. The highest BCUT2D eigenvalue weighted by atomic mass is 16.4. The van der Waals surface area contributed by atoms with Crippen LogP contribution in [0.1, 0.15) is 11.3 Å². The Bertz CT molecular complexity index is 838. The Hall–Kier alpha value is -2.95. The molecule has 0 aliphatic rings. The Balaban J connectivity index is 2.11. The van der Waals surface area contributed by atoms with E-state index in [2.05, 4.69) is 9.97 Å². The van der Waals surface area contributed by atoms with Gasteiger partial charge < -0.3 is 9.52 Å². The molecule has 0 aliphatic heterocycles. The van der Waals surface area contributed by atoms with Crippen LogP contribution in [0.5, 0.6) is 0 Å². The molecule has 0 saturated carbocycles. The van der Waals surface area contributed by atoms with Gasteiger partial charge in [0.25, 0.3) is 0 Å². The van der Waals surface area contributed by atoms with Crippen LogP contribution in [0.25, 0.3) is 22.9 Å². The second-order valence-electron chi connectivity index (χ2n) is 4.12. The van der Waals surface area contributed by atoms with Crippen molar-refractivity contribution in [2.24, 2.45) is 0 Å². The molecule has 0 atom stereocenters. The number of aliphatic hydroxyl groups excluding tert-OH is 1. The molecule has 3 aromatic rings. The molecule has 3 rings (SSSR count). The highest BCUT2D eigenvalue weighted by Crippen LogP contribution is 2.14. The van der Waals surface area contributed by atoms with Crippen molar-refractivity contribution in [3.05, 3.63) is 70.5 Å². The summed E-state index contributed by atoms with van der Waals surface area (Å²) in [6.45, 7) is 0. The van der Waals surface area contributed by atoms with E-state index in [9.17, 15) is 9.90 Å². The van der Waals surface area contributed by atoms with E-state index in [1.54, 1.807) is 48.8 Å². The molecular weight excluding hydrogens is 256 g/mol. The van der Waals surface area contributed by atoms with E-state index < -0.39 is 5.63 Å². The van der Waals surface area contributed by atoms with E-state index >= 15 is 0 Å². The van der Waals surface area contributed by atoms with Gasteiger partial charge in [-0.25, -0.2) is 9.78 Å². The SMILES string of the molecule is O=c1oc2ccccc2nc1/C=C(\O)c1ccncc1. The van der Waals surface area contributed by atoms with Gasteiger partial charge in [-0.15, -0.1) is 0 Å². The van der Waals surface area contributed by atoms with Crippen molar-refractivity contribution in [3.8, 4) is 0 Å². The van der Waals surface area contributed by atoms with Crippen LogP contribution < -0.4 is 5.63 Å². The molecule has 0 amide bonds. The molecule has 0 fully saturated rings. The van der Waals surface area contributed by atoms with E-state index in [1.165, 1.54) is 6.08 Å². The van der Waals surface area contributed by atoms with Gasteiger partial charge in [-0.3, -0.25) is 4.98 Å². The fourth-order valence-corrected chi connectivity index (χ4v) is 1.79. The molecule has 2 heterocycles. The normalized spacial score (nSPS) is 11.7. The lowest BCUT2D eigenvalue weighted by Crippen LogP contribution is -2.06. The topological polar surface area (TPSA) is 76.2 Å². The second-order valence-corrected chi connectivity index (χ2v) is 4.12. The summed E-state index contributed by atoms with van der Waals surface area (Å²) < 4.78 is 5.14. The maximum absolute atomic E-state index is 11.8. The molecule has 0 spiro atoms. The number of pyridine rings is 1. The number of nitrogens with zero attached hydrogens (tertiary/aromatic N) is 2. The number of fused-ring (bicyclic) bond motifs is 1. The fourth-order valence-electron chi connectivity index (χ4n) is 1.79. The van der Waals surface area contributed by atoms with Gasteiger partial charge in [0.05, 0.1) is 0 Å². The first-order valence-electron chi connectivity index (χ1n) is 5.95. The lowest BCUT2D eigenvalue weighted by molar-refractivity contribution is 0.513. The van der Waals surface area contributed by atoms with Gasteiger partial charge in [0.2, 0.25) is 0 Å². The smallest absolute Gasteiger partial charge is 0.362 e. The molecule has 0 bridgehead atoms. The van der Waals surface area contributed by atoms with Crippen molar-refractivity contribution in [2.75, 3.05) is 0 Å². The largest absolute Gasteiger partial charge is 0.507 e. The summed E-state index contributed by atoms with van der Waals surface area (Å²) in [5, 5.41) is 9.98. The van der Waals surface area contributed by atoms with Gasteiger partial charge in [-0.1, -0.05) is 12.1 Å². The number of benzene rings is 1. The van der Waals surface area contributed by atoms with E-state index in [4.69, 9.17) is 4.42 Å². The molecule has 5 heteroatoms. The Morgan fingerprint density at radius 1 is 1.15 bits per heavy atom. The third-order valence-corrected chi connectivity index (χ3v) is 2.77. The van der Waals surface area contributed by atoms with Gasteiger partial charge in [-0.05, 0) is 24.3 Å². The Morgan fingerprint density at radius 2 is 1.90 bits per heavy atom. The van der Waals surface area contributed by atoms with Crippen molar-refractivity contribution in [3.63, 3.8) is 0 Å². The summed E-state index contributed by atoms with van der Waals surface area (Å²) in [6.07, 6.45) is 4.39. The van der Waals surface area contributed by atoms with Crippen LogP contribution in [0, 0.1) is 0 Å². The van der Waals surface area contributed by atoms with Crippen molar-refractivity contribution >= 4 is 22.9 Å². The number of rotatable bonds is 2. The zero-order valence-electron chi connectivity index (χ0n) is 10.4. The molecule has 0 aliphatic carbocycles. The zero-order chi connectivity index (χ0) is 13.9. The first kappa shape index (κ1) is 12.1. The third-order valence-electron chi connectivity index (χ3n) is 2.77. The van der Waals surface area contributed by atoms with Crippen LogP contribution in [0.2, 0.25) is 0 Å². The average molecular weight is 266 g/mol. The minimum atomic E-state index is -0.593. The number of para-hydroxylation sites is 2. The molecule has 20 heavy (non-hydrogen) atoms. The number of hydrogen-bond donors (Lipinski definition) is 1. The van der Waals surface area contributed by atoms with Crippen LogP contribution in [0.3, 0.4) is 0 Å². The van der Waals surface area contributed by atoms with Crippen LogP contribution in [-0.2, 0) is 0 Å². The molecule has 2 aromatic heterocycles. The average Bonchev–Trinajstić information content (AvgIpc) is 2.49. The summed E-state index contributed by atoms with van der Waals surface area (Å²) in [7, 11) is 0. The highest BCUT2D eigenvalue weighted by molar-refractivity contribution is 5.77. The Morgan fingerprint density at radius 3 is 2.70 bits per heavy atom. The molecular formula is C15H10N2O3. The first-order valence-corrected chi connectivity index (χ1v) is 5.95. The van der Waals surface area contributed by atoms with E-state index in [0.717, 1.165) is 0 Å². The Kier molecular flexibility index (Phi) is 3.01. The van der Waals surface area contributed by atoms with Gasteiger partial charge in [-0.2, -0.15) is 0 Å². The van der Waals surface area contributed by atoms with Crippen LogP contribution in [-0.4, -0.2) is 15.1 Å². The fraction of sp³-hybridized carbons (Fsp3) is 0. The van der Waals surface area contributed by atoms with Crippen LogP contribution >= 0.6 is 0 Å². The lowest BCUT2D eigenvalue weighted by atomic mass is 10.2. The molecule has 0 radical (unpaired) electrons. The van der Waals surface area contributed by atoms with Gasteiger partial charge >= 0.3 is 5.63 Å². The monoisotopic (exact) mass is 266 g/mol. The molecule has 1 N–H and O–H groups in total. The molecule has 1 aromatic carbocycles. The highest BCUT2D eigenvalue weighted by Gasteiger charge is 2.06. The van der Waals surface area contributed by atoms with Gasteiger partial charge in [0, 0.05) is 24.0 Å². The first-order chi connectivity index (χ1) is 9.74. The third kappa shape index (κ3) is 2.29. The summed E-state index contributed by atoms with van der Waals surface area (Å²) in [6, 6.07) is 10.2. The molecule has 0 unspecified atom stereocenters. The van der Waals surface area contributed by atoms with E-state index in [1.807, 2.05) is 0 Å². The minimum Gasteiger partial charge on any atom is -0.507 e. The zero-order valence-corrected chi connectivity index (χ0v) is 10.4. The van der Waals surface area contributed by atoms with Crippen molar-refractivity contribution in [1.29, 1.82) is 0 Å². The second kappa shape index (κ2) is 4.97. The minimum absolute atomic E-state index is 0.0537. The number of aliphatic hydroxyl groups is 1. The number of aromatic nitrogens is 2. The molecule has 98 valence electrons. The van der Waals surface area contributed by atoms with Crippen LogP contribution in [0.15, 0.2) is 58.0 Å². The summed E-state index contributed by atoms with van der Waals surface area (Å²) in [4.78, 5) is 19.8. The summed E-state index contributed by atoms with van der Waals surface area (Å²) in [5.41, 5.74) is 0.982. The van der Waals surface area contributed by atoms with Gasteiger partial charge in [0.1, 0.15) is 11.3 Å². The Labute approximate surface area is 113 Å². The van der Waals surface area contributed by atoms with E-state index in [-0.39, 0.29) is 11.5 Å². The summed E-state index contributed by atoms with van der Waals surface area (Å²) >= 11 is 0. The maximum atomic E-state index is 11.8. The van der Waals surface area contributed by atoms with Gasteiger partial charge in [0.15, 0.2) is 11.3 Å². The molecule has 5 nitrogen and oxygen atoms in total. The van der Waals surface area contributed by atoms with Crippen LogP contribution in [0.4, 0.5) is 0 Å².